The molecule has 2 aliphatic rings. The van der Waals surface area contributed by atoms with Gasteiger partial charge in [0.15, 0.2) is 0 Å². The topological polar surface area (TPSA) is 145 Å². The molecule has 0 amide bonds. The summed E-state index contributed by atoms with van der Waals surface area (Å²) in [5, 5.41) is -0.852. The van der Waals surface area contributed by atoms with Gasteiger partial charge < -0.3 is 9.47 Å². The molecule has 2 N–H and O–H groups in total. The summed E-state index contributed by atoms with van der Waals surface area (Å²) in [6.45, 7) is 7.01. The molecule has 0 saturated heterocycles. The van der Waals surface area contributed by atoms with Gasteiger partial charge in [0.2, 0.25) is 20.0 Å². The number of ether oxygens (including phenoxy) is 2. The van der Waals surface area contributed by atoms with Crippen LogP contribution in [0, 0.1) is 11.8 Å². The van der Waals surface area contributed by atoms with E-state index in [0.717, 1.165) is 50.7 Å². The molecule has 2 saturated carbocycles. The third-order valence-corrected chi connectivity index (χ3v) is 11.3. The van der Waals surface area contributed by atoms with Gasteiger partial charge in [-0.25, -0.2) is 35.9 Å². The normalized spacial score (nSPS) is 20.1. The van der Waals surface area contributed by atoms with Crippen molar-refractivity contribution in [1.82, 2.24) is 9.44 Å². The molecular weight excluding hydrogens is 532 g/mol. The highest BCUT2D eigenvalue weighted by Gasteiger charge is 2.32. The first-order valence-corrected chi connectivity index (χ1v) is 16.9. The quantitative estimate of drug-likeness (QED) is 0.236. The highest BCUT2D eigenvalue weighted by Crippen LogP contribution is 2.25. The fraction of sp³-hybridized carbons (Fsp3) is 0.846. The summed E-state index contributed by atoms with van der Waals surface area (Å²) < 4.78 is 66.7. The Bertz CT molecular complexity index is 916. The van der Waals surface area contributed by atoms with E-state index in [4.69, 9.17) is 9.47 Å². The van der Waals surface area contributed by atoms with Gasteiger partial charge in [-0.1, -0.05) is 66.2 Å². The zero-order valence-corrected chi connectivity index (χ0v) is 24.8. The van der Waals surface area contributed by atoms with Crippen molar-refractivity contribution in [2.24, 2.45) is 11.8 Å². The van der Waals surface area contributed by atoms with Crippen LogP contribution in [0.25, 0.3) is 0 Å². The van der Waals surface area contributed by atoms with Gasteiger partial charge in [0.1, 0.15) is 13.2 Å². The van der Waals surface area contributed by atoms with Gasteiger partial charge >= 0.3 is 11.9 Å². The minimum Gasteiger partial charge on any atom is -0.461 e. The largest absolute Gasteiger partial charge is 0.461 e. The highest BCUT2D eigenvalue weighted by molar-refractivity contribution is 7.90. The molecule has 0 radical (unpaired) electrons. The van der Waals surface area contributed by atoms with E-state index in [1.807, 2.05) is 27.7 Å². The number of carbonyl (C=O) groups is 2. The predicted molar refractivity (Wildman–Crippen MR) is 146 cm³/mol. The Morgan fingerprint density at radius 1 is 0.658 bits per heavy atom. The fourth-order valence-corrected chi connectivity index (χ4v) is 8.48. The molecule has 2 aliphatic carbocycles. The van der Waals surface area contributed by atoms with Crippen LogP contribution in [-0.2, 0) is 39.1 Å². The van der Waals surface area contributed by atoms with Crippen molar-refractivity contribution < 1.29 is 35.9 Å². The lowest BCUT2D eigenvalue weighted by Crippen LogP contribution is -2.46. The van der Waals surface area contributed by atoms with Crippen molar-refractivity contribution in [2.75, 3.05) is 13.2 Å². The van der Waals surface area contributed by atoms with Crippen LogP contribution in [0.15, 0.2) is 12.2 Å². The molecule has 10 nitrogen and oxygen atoms in total. The van der Waals surface area contributed by atoms with E-state index in [1.165, 1.54) is 0 Å². The zero-order valence-electron chi connectivity index (χ0n) is 23.2. The van der Waals surface area contributed by atoms with E-state index >= 15 is 0 Å². The third-order valence-electron chi connectivity index (χ3n) is 7.39. The lowest BCUT2D eigenvalue weighted by molar-refractivity contribution is -0.141. The molecule has 2 fully saturated rings. The van der Waals surface area contributed by atoms with E-state index < -0.39 is 54.6 Å². The molecule has 0 aromatic carbocycles. The van der Waals surface area contributed by atoms with Gasteiger partial charge in [-0.3, -0.25) is 0 Å². The minimum absolute atomic E-state index is 0.111. The second-order valence-corrected chi connectivity index (χ2v) is 15.1. The first-order chi connectivity index (χ1) is 17.8. The summed E-state index contributed by atoms with van der Waals surface area (Å²) >= 11 is 0. The molecule has 0 unspecified atom stereocenters. The summed E-state index contributed by atoms with van der Waals surface area (Å²) in [5.74, 6) is -1.83. The van der Waals surface area contributed by atoms with Gasteiger partial charge in [-0.15, -0.1) is 0 Å². The molecule has 38 heavy (non-hydrogen) atoms. The minimum atomic E-state index is -3.53. The van der Waals surface area contributed by atoms with E-state index in [-0.39, 0.29) is 25.0 Å². The smallest absolute Gasteiger partial charge is 0.331 e. The second-order valence-electron chi connectivity index (χ2n) is 11.1. The Balaban J connectivity index is 1.82. The van der Waals surface area contributed by atoms with Gasteiger partial charge in [-0.05, 0) is 37.5 Å². The number of hydrogen-bond donors (Lipinski definition) is 2. The van der Waals surface area contributed by atoms with Gasteiger partial charge in [0, 0.05) is 12.2 Å². The van der Waals surface area contributed by atoms with Crippen molar-refractivity contribution in [3.05, 3.63) is 12.2 Å². The Hall–Kier alpha value is -1.50. The summed E-state index contributed by atoms with van der Waals surface area (Å²) in [6, 6.07) is -1.18. The van der Waals surface area contributed by atoms with E-state index in [9.17, 15) is 26.4 Å². The molecule has 2 rings (SSSR count). The predicted octanol–water partition coefficient (Wildman–Crippen LogP) is 3.18. The molecule has 0 aromatic heterocycles. The van der Waals surface area contributed by atoms with E-state index in [1.54, 1.807) is 0 Å². The van der Waals surface area contributed by atoms with E-state index in [2.05, 4.69) is 9.44 Å². The van der Waals surface area contributed by atoms with Crippen molar-refractivity contribution in [2.45, 2.75) is 114 Å². The maximum Gasteiger partial charge on any atom is 0.331 e. The van der Waals surface area contributed by atoms with Gasteiger partial charge in [0.05, 0.1) is 22.6 Å². The summed E-state index contributed by atoms with van der Waals surface area (Å²) in [5.41, 5.74) is 0. The Labute approximate surface area is 228 Å². The Kier molecular flexibility index (Phi) is 13.2. The van der Waals surface area contributed by atoms with Crippen LogP contribution >= 0.6 is 0 Å². The SMILES string of the molecule is CC(C)[C@H](COC(=O)/C=C/C(=O)OC[C@H](NS(=O)(=O)C1CCCCC1)C(C)C)NS(=O)(=O)C1CCCCC1. The van der Waals surface area contributed by atoms with Crippen LogP contribution in [-0.4, -0.2) is 64.6 Å². The maximum atomic E-state index is 12.7. The fourth-order valence-electron chi connectivity index (χ4n) is 4.67. The molecular formula is C26H46N2O8S2. The van der Waals surface area contributed by atoms with Crippen LogP contribution in [0.2, 0.25) is 0 Å². The van der Waals surface area contributed by atoms with Gasteiger partial charge in [0.25, 0.3) is 0 Å². The Morgan fingerprint density at radius 2 is 0.974 bits per heavy atom. The van der Waals surface area contributed by atoms with Crippen LogP contribution in [0.5, 0.6) is 0 Å². The van der Waals surface area contributed by atoms with E-state index in [0.29, 0.717) is 25.7 Å². The first kappa shape index (κ1) is 32.7. The number of carbonyl (C=O) groups excluding carboxylic acids is 2. The average molecular weight is 579 g/mol. The number of rotatable bonds is 14. The second kappa shape index (κ2) is 15.3. The molecule has 0 aliphatic heterocycles. The highest BCUT2D eigenvalue weighted by atomic mass is 32.2. The molecule has 0 heterocycles. The molecule has 0 bridgehead atoms. The van der Waals surface area contributed by atoms with Crippen LogP contribution in [0.4, 0.5) is 0 Å². The van der Waals surface area contributed by atoms with Crippen LogP contribution in [0.1, 0.15) is 91.9 Å². The van der Waals surface area contributed by atoms with Crippen molar-refractivity contribution in [3.63, 3.8) is 0 Å². The molecule has 220 valence electrons. The van der Waals surface area contributed by atoms with Crippen LogP contribution in [0.3, 0.4) is 0 Å². The lowest BCUT2D eigenvalue weighted by Gasteiger charge is -2.27. The summed E-state index contributed by atoms with van der Waals surface area (Å²) in [7, 11) is -7.05. The summed E-state index contributed by atoms with van der Waals surface area (Å²) in [6.07, 6.45) is 9.99. The van der Waals surface area contributed by atoms with Crippen molar-refractivity contribution in [1.29, 1.82) is 0 Å². The average Bonchev–Trinajstić information content (AvgIpc) is 2.88. The summed E-state index contributed by atoms with van der Waals surface area (Å²) in [4.78, 5) is 24.3. The molecule has 0 aromatic rings. The first-order valence-electron chi connectivity index (χ1n) is 13.9. The number of nitrogens with one attached hydrogen (secondary N) is 2. The monoisotopic (exact) mass is 578 g/mol. The zero-order chi connectivity index (χ0) is 28.3. The molecule has 0 spiro atoms. The number of sulfonamides is 2. The maximum absolute atomic E-state index is 12.7. The molecule has 12 heteroatoms. The standard InChI is InChI=1S/C26H46N2O8S2/c1-19(2)23(27-37(31,32)21-11-7-5-8-12-21)17-35-25(29)15-16-26(30)36-18-24(20(3)4)28-38(33,34)22-13-9-6-10-14-22/h15-16,19-24,27-28H,5-14,17-18H2,1-4H3/b16-15+/t23-,24-/m0/s1. The number of esters is 2. The van der Waals surface area contributed by atoms with Crippen molar-refractivity contribution in [3.8, 4) is 0 Å². The Morgan fingerprint density at radius 3 is 1.26 bits per heavy atom. The number of hydrogen-bond acceptors (Lipinski definition) is 8. The van der Waals surface area contributed by atoms with Gasteiger partial charge in [-0.2, -0.15) is 0 Å². The lowest BCUT2D eigenvalue weighted by atomic mass is 10.0. The van der Waals surface area contributed by atoms with Crippen LogP contribution < -0.4 is 9.44 Å². The van der Waals surface area contributed by atoms with Crippen molar-refractivity contribution >= 4 is 32.0 Å². The third kappa shape index (κ3) is 10.9. The molecule has 2 atom stereocenters.